The van der Waals surface area contributed by atoms with Crippen molar-refractivity contribution in [2.45, 2.75) is 83.5 Å². The Labute approximate surface area is 247 Å². The number of methoxy groups -OCH3 is 1. The molecular weight excluding hydrogens is 584 g/mol. The molecule has 0 radical (unpaired) electrons. The van der Waals surface area contributed by atoms with Crippen LogP contribution in [0.15, 0.2) is 42.5 Å². The lowest BCUT2D eigenvalue weighted by Gasteiger charge is -2.34. The van der Waals surface area contributed by atoms with E-state index in [1.165, 1.54) is 43.5 Å². The van der Waals surface area contributed by atoms with Crippen molar-refractivity contribution in [1.82, 2.24) is 5.32 Å². The maximum absolute atomic E-state index is 14.0. The van der Waals surface area contributed by atoms with E-state index in [2.05, 4.69) is 10.1 Å². The SMILES string of the molecule is CCC(CCc1ccc(OCCCc2ccc(OC(F)(F)F)cc2)c(C(F)(F)F)c1)(COCOC)NC(=O)OC(C)(C)C. The van der Waals surface area contributed by atoms with Gasteiger partial charge < -0.3 is 29.0 Å². The molecule has 43 heavy (non-hydrogen) atoms. The Kier molecular flexibility index (Phi) is 13.0. The fourth-order valence-corrected chi connectivity index (χ4v) is 4.16. The molecule has 0 aliphatic heterocycles. The van der Waals surface area contributed by atoms with Crippen LogP contribution in [0.3, 0.4) is 0 Å². The first-order chi connectivity index (χ1) is 20.0. The Morgan fingerprint density at radius 1 is 0.907 bits per heavy atom. The Bertz CT molecular complexity index is 1150. The van der Waals surface area contributed by atoms with Gasteiger partial charge in [-0.05, 0) is 88.3 Å². The number of carbonyl (C=O) groups is 1. The topological polar surface area (TPSA) is 75.3 Å². The molecule has 2 aromatic rings. The Hall–Kier alpha value is -3.19. The molecule has 1 atom stereocenters. The minimum Gasteiger partial charge on any atom is -0.493 e. The zero-order chi connectivity index (χ0) is 32.3. The zero-order valence-corrected chi connectivity index (χ0v) is 24.9. The minimum atomic E-state index is -4.80. The van der Waals surface area contributed by atoms with Crippen molar-refractivity contribution in [1.29, 1.82) is 0 Å². The molecule has 13 heteroatoms. The maximum atomic E-state index is 14.0. The second kappa shape index (κ2) is 15.5. The molecule has 0 saturated carbocycles. The van der Waals surface area contributed by atoms with Crippen LogP contribution in [0, 0.1) is 0 Å². The second-order valence-electron chi connectivity index (χ2n) is 11.0. The summed E-state index contributed by atoms with van der Waals surface area (Å²) in [5.41, 5.74) is -1.54. The van der Waals surface area contributed by atoms with Crippen LogP contribution in [0.2, 0.25) is 0 Å². The van der Waals surface area contributed by atoms with Crippen LogP contribution in [0.5, 0.6) is 11.5 Å². The Balaban J connectivity index is 2.08. The van der Waals surface area contributed by atoms with Crippen LogP contribution in [0.1, 0.15) is 63.6 Å². The van der Waals surface area contributed by atoms with Crippen LogP contribution < -0.4 is 14.8 Å². The van der Waals surface area contributed by atoms with Crippen molar-refractivity contribution < 1.29 is 54.8 Å². The molecule has 0 aromatic heterocycles. The van der Waals surface area contributed by atoms with Gasteiger partial charge >= 0.3 is 18.6 Å². The lowest BCUT2D eigenvalue weighted by atomic mass is 9.89. The number of hydrogen-bond donors (Lipinski definition) is 1. The molecular formula is C30H39F6NO6. The highest BCUT2D eigenvalue weighted by atomic mass is 19.4. The first-order valence-electron chi connectivity index (χ1n) is 13.7. The van der Waals surface area contributed by atoms with Crippen molar-refractivity contribution in [3.8, 4) is 11.5 Å². The molecule has 2 aromatic carbocycles. The van der Waals surface area contributed by atoms with E-state index in [0.29, 0.717) is 30.4 Å². The molecule has 2 rings (SSSR count). The van der Waals surface area contributed by atoms with Gasteiger partial charge in [-0.3, -0.25) is 0 Å². The normalized spacial score (nSPS) is 13.7. The molecule has 0 saturated heterocycles. The van der Waals surface area contributed by atoms with Gasteiger partial charge in [-0.15, -0.1) is 13.2 Å². The first kappa shape index (κ1) is 36.0. The predicted molar refractivity (Wildman–Crippen MR) is 147 cm³/mol. The summed E-state index contributed by atoms with van der Waals surface area (Å²) in [4.78, 5) is 12.6. The summed E-state index contributed by atoms with van der Waals surface area (Å²) < 4.78 is 104. The summed E-state index contributed by atoms with van der Waals surface area (Å²) >= 11 is 0. The van der Waals surface area contributed by atoms with Crippen LogP contribution in [0.25, 0.3) is 0 Å². The van der Waals surface area contributed by atoms with Crippen LogP contribution in [-0.2, 0) is 33.2 Å². The number of benzene rings is 2. The molecule has 0 fully saturated rings. The monoisotopic (exact) mass is 623 g/mol. The van der Waals surface area contributed by atoms with Gasteiger partial charge in [-0.25, -0.2) is 4.79 Å². The summed E-state index contributed by atoms with van der Waals surface area (Å²) in [6.45, 7) is 6.98. The molecule has 7 nitrogen and oxygen atoms in total. The van der Waals surface area contributed by atoms with Crippen molar-refractivity contribution in [3.05, 3.63) is 59.2 Å². The summed E-state index contributed by atoms with van der Waals surface area (Å²) in [5.74, 6) is -0.691. The molecule has 0 aliphatic carbocycles. The third-order valence-corrected chi connectivity index (χ3v) is 6.29. The van der Waals surface area contributed by atoms with E-state index in [1.54, 1.807) is 20.8 Å². The second-order valence-corrected chi connectivity index (χ2v) is 11.0. The van der Waals surface area contributed by atoms with E-state index in [0.717, 1.165) is 6.07 Å². The molecule has 0 bridgehead atoms. The van der Waals surface area contributed by atoms with Gasteiger partial charge in [0.2, 0.25) is 0 Å². The molecule has 0 spiro atoms. The number of hydrogen-bond acceptors (Lipinski definition) is 6. The first-order valence-corrected chi connectivity index (χ1v) is 13.7. The van der Waals surface area contributed by atoms with Gasteiger partial charge in [-0.2, -0.15) is 13.2 Å². The van der Waals surface area contributed by atoms with Crippen LogP contribution in [0.4, 0.5) is 31.1 Å². The number of halogens is 6. The van der Waals surface area contributed by atoms with E-state index in [-0.39, 0.29) is 44.3 Å². The molecule has 242 valence electrons. The Morgan fingerprint density at radius 2 is 1.56 bits per heavy atom. The van der Waals surface area contributed by atoms with Gasteiger partial charge in [-0.1, -0.05) is 25.1 Å². The third kappa shape index (κ3) is 13.3. The lowest BCUT2D eigenvalue weighted by molar-refractivity contribution is -0.274. The number of carbonyl (C=O) groups excluding carboxylic acids is 1. The van der Waals surface area contributed by atoms with E-state index in [9.17, 15) is 31.1 Å². The zero-order valence-electron chi connectivity index (χ0n) is 24.9. The Morgan fingerprint density at radius 3 is 2.12 bits per heavy atom. The third-order valence-electron chi connectivity index (χ3n) is 6.29. The lowest BCUT2D eigenvalue weighted by Crippen LogP contribution is -2.53. The van der Waals surface area contributed by atoms with E-state index >= 15 is 0 Å². The van der Waals surface area contributed by atoms with Gasteiger partial charge in [0.15, 0.2) is 0 Å². The summed E-state index contributed by atoms with van der Waals surface area (Å²) in [6.07, 6.45) is -8.57. The fourth-order valence-electron chi connectivity index (χ4n) is 4.16. The summed E-state index contributed by atoms with van der Waals surface area (Å²) in [6, 6.07) is 9.06. The van der Waals surface area contributed by atoms with Crippen molar-refractivity contribution in [2.75, 3.05) is 27.1 Å². The number of alkyl carbamates (subject to hydrolysis) is 1. The molecule has 1 amide bonds. The van der Waals surface area contributed by atoms with Crippen molar-refractivity contribution >= 4 is 6.09 Å². The maximum Gasteiger partial charge on any atom is 0.573 e. The number of nitrogens with one attached hydrogen (secondary N) is 1. The smallest absolute Gasteiger partial charge is 0.493 e. The van der Waals surface area contributed by atoms with Gasteiger partial charge in [0.1, 0.15) is 23.9 Å². The standard InChI is InChI=1S/C30H39F6NO6/c1-6-28(19-40-20-39-5,37-26(38)43-27(2,3)4)16-15-22-11-14-25(24(18-22)29(31,32)33)41-17-7-8-21-9-12-23(13-10-21)42-30(34,35)36/h9-14,18H,6-8,15-17,19-20H2,1-5H3,(H,37,38). The average molecular weight is 624 g/mol. The molecule has 0 aliphatic rings. The number of rotatable bonds is 15. The summed E-state index contributed by atoms with van der Waals surface area (Å²) in [5, 5.41) is 2.84. The number of alkyl halides is 6. The van der Waals surface area contributed by atoms with Gasteiger partial charge in [0, 0.05) is 7.11 Å². The quantitative estimate of drug-likeness (QED) is 0.124. The molecule has 0 heterocycles. The average Bonchev–Trinajstić information content (AvgIpc) is 2.88. The van der Waals surface area contributed by atoms with Crippen LogP contribution >= 0.6 is 0 Å². The van der Waals surface area contributed by atoms with E-state index < -0.39 is 35.3 Å². The highest BCUT2D eigenvalue weighted by molar-refractivity contribution is 5.68. The van der Waals surface area contributed by atoms with Gasteiger partial charge in [0.05, 0.1) is 24.3 Å². The predicted octanol–water partition coefficient (Wildman–Crippen LogP) is 7.84. The highest BCUT2D eigenvalue weighted by Gasteiger charge is 2.36. The number of amides is 1. The summed E-state index contributed by atoms with van der Waals surface area (Å²) in [7, 11) is 1.45. The molecule has 1 N–H and O–H groups in total. The molecule has 1 unspecified atom stereocenters. The largest absolute Gasteiger partial charge is 0.573 e. The van der Waals surface area contributed by atoms with E-state index in [4.69, 9.17) is 18.9 Å². The minimum absolute atomic E-state index is 0.0280. The van der Waals surface area contributed by atoms with Crippen LogP contribution in [-0.4, -0.2) is 50.7 Å². The highest BCUT2D eigenvalue weighted by Crippen LogP contribution is 2.37. The van der Waals surface area contributed by atoms with Crippen molar-refractivity contribution in [3.63, 3.8) is 0 Å². The number of aryl methyl sites for hydroxylation is 2. The van der Waals surface area contributed by atoms with Gasteiger partial charge in [0.25, 0.3) is 0 Å². The fraction of sp³-hybridized carbons (Fsp3) is 0.567. The number of ether oxygens (including phenoxy) is 5. The van der Waals surface area contributed by atoms with Crippen molar-refractivity contribution in [2.24, 2.45) is 0 Å². The van der Waals surface area contributed by atoms with E-state index in [1.807, 2.05) is 6.92 Å².